The number of rotatable bonds is 1. The molecule has 19 heavy (non-hydrogen) atoms. The first-order valence-corrected chi connectivity index (χ1v) is 5.43. The van der Waals surface area contributed by atoms with Crippen molar-refractivity contribution in [1.82, 2.24) is 0 Å². The number of hydrogen-bond donors (Lipinski definition) is 2. The Morgan fingerprint density at radius 1 is 0.895 bits per heavy atom. The topological polar surface area (TPSA) is 20.2 Å². The molecule has 0 bridgehead atoms. The molecule has 0 saturated heterocycles. The minimum atomic E-state index is -5.87. The molecule has 0 fully saturated rings. The highest BCUT2D eigenvalue weighted by Gasteiger charge is 2.71. The van der Waals surface area contributed by atoms with E-state index in [0.717, 1.165) is 0 Å². The second-order valence-electron chi connectivity index (χ2n) is 4.16. The highest BCUT2D eigenvalue weighted by atomic mass is 32.1. The second-order valence-corrected chi connectivity index (χ2v) is 4.61. The van der Waals surface area contributed by atoms with Crippen molar-refractivity contribution in [2.45, 2.75) is 36.7 Å². The second kappa shape index (κ2) is 4.59. The van der Waals surface area contributed by atoms with Crippen molar-refractivity contribution in [3.8, 4) is 0 Å². The van der Waals surface area contributed by atoms with Crippen LogP contribution in [-0.2, 0) is 5.60 Å². The molecule has 1 N–H and O–H groups in total. The molecule has 0 unspecified atom stereocenters. The van der Waals surface area contributed by atoms with Gasteiger partial charge in [0, 0.05) is 10.5 Å². The summed E-state index contributed by atoms with van der Waals surface area (Å²) in [5, 5.41) is 9.22. The predicted octanol–water partition coefficient (Wildman–Crippen LogP) is 3.90. The summed E-state index contributed by atoms with van der Waals surface area (Å²) < 4.78 is 76.0. The van der Waals surface area contributed by atoms with Gasteiger partial charge in [-0.3, -0.25) is 0 Å². The molecule has 0 heterocycles. The van der Waals surface area contributed by atoms with Gasteiger partial charge < -0.3 is 5.11 Å². The van der Waals surface area contributed by atoms with Crippen LogP contribution in [0.5, 0.6) is 0 Å². The van der Waals surface area contributed by atoms with Crippen molar-refractivity contribution in [2.24, 2.45) is 0 Å². The number of alkyl halides is 6. The lowest BCUT2D eigenvalue weighted by Crippen LogP contribution is -2.54. The van der Waals surface area contributed by atoms with E-state index in [1.165, 1.54) is 13.8 Å². The smallest absolute Gasteiger partial charge is 0.369 e. The van der Waals surface area contributed by atoms with Crippen LogP contribution in [0, 0.1) is 13.8 Å². The highest BCUT2D eigenvalue weighted by Crippen LogP contribution is 2.50. The fraction of sp³-hybridized carbons (Fsp3) is 0.455. The van der Waals surface area contributed by atoms with Gasteiger partial charge in [-0.15, -0.1) is 12.6 Å². The van der Waals surface area contributed by atoms with Gasteiger partial charge in [-0.25, -0.2) is 0 Å². The molecule has 1 aromatic carbocycles. The molecule has 0 aliphatic rings. The van der Waals surface area contributed by atoms with Gasteiger partial charge in [-0.2, -0.15) is 26.3 Å². The first kappa shape index (κ1) is 16.2. The first-order valence-electron chi connectivity index (χ1n) is 4.99. The van der Waals surface area contributed by atoms with Crippen LogP contribution >= 0.6 is 12.6 Å². The van der Waals surface area contributed by atoms with E-state index in [9.17, 15) is 31.4 Å². The van der Waals surface area contributed by atoms with E-state index in [1.807, 2.05) is 0 Å². The molecule has 1 aromatic rings. The Morgan fingerprint density at radius 3 is 1.47 bits per heavy atom. The number of thiol groups is 1. The summed E-state index contributed by atoms with van der Waals surface area (Å²) in [6, 6.07) is 1.27. The summed E-state index contributed by atoms with van der Waals surface area (Å²) in [7, 11) is 0. The van der Waals surface area contributed by atoms with Gasteiger partial charge in [0.25, 0.3) is 5.60 Å². The SMILES string of the molecule is Cc1cc(C(O)(C(F)(F)F)C(F)(F)F)cc(C)c1S. The summed E-state index contributed by atoms with van der Waals surface area (Å²) in [5.74, 6) is 0. The van der Waals surface area contributed by atoms with Gasteiger partial charge in [0.05, 0.1) is 0 Å². The maximum Gasteiger partial charge on any atom is 0.430 e. The molecule has 108 valence electrons. The predicted molar refractivity (Wildman–Crippen MR) is 59.2 cm³/mol. The van der Waals surface area contributed by atoms with Crippen LogP contribution in [0.1, 0.15) is 16.7 Å². The zero-order valence-corrected chi connectivity index (χ0v) is 10.7. The van der Waals surface area contributed by atoms with Gasteiger partial charge in [0.1, 0.15) is 0 Å². The average Bonchev–Trinajstić information content (AvgIpc) is 2.20. The van der Waals surface area contributed by atoms with Crippen LogP contribution in [0.3, 0.4) is 0 Å². The number of halogens is 6. The zero-order chi connectivity index (χ0) is 15.2. The lowest BCUT2D eigenvalue weighted by atomic mass is 9.90. The standard InChI is InChI=1S/C11H10F6OS/c1-5-3-7(4-6(2)8(5)19)9(18,10(12,13)14)11(15,16)17/h3-4,18-19H,1-2H3. The van der Waals surface area contributed by atoms with E-state index in [4.69, 9.17) is 0 Å². The molecule has 0 aliphatic carbocycles. The van der Waals surface area contributed by atoms with E-state index in [2.05, 4.69) is 12.6 Å². The molecule has 1 rings (SSSR count). The third-order valence-corrected chi connectivity index (χ3v) is 3.43. The Bertz CT molecular complexity index is 454. The molecule has 0 aromatic heterocycles. The third kappa shape index (κ3) is 2.55. The Balaban J connectivity index is 3.62. The van der Waals surface area contributed by atoms with Gasteiger partial charge >= 0.3 is 12.4 Å². The number of aliphatic hydroxyl groups is 1. The van der Waals surface area contributed by atoms with E-state index < -0.39 is 23.5 Å². The maximum absolute atomic E-state index is 12.7. The molecule has 0 radical (unpaired) electrons. The molecule has 0 spiro atoms. The van der Waals surface area contributed by atoms with Gasteiger partial charge in [0.15, 0.2) is 0 Å². The Hall–Kier alpha value is -0.890. The van der Waals surface area contributed by atoms with Crippen molar-refractivity contribution >= 4 is 12.6 Å². The van der Waals surface area contributed by atoms with Gasteiger partial charge in [0.2, 0.25) is 0 Å². The minimum absolute atomic E-state index is 0.116. The van der Waals surface area contributed by atoms with E-state index >= 15 is 0 Å². The fourth-order valence-electron chi connectivity index (χ4n) is 1.65. The van der Waals surface area contributed by atoms with Gasteiger partial charge in [-0.05, 0) is 25.0 Å². The summed E-state index contributed by atoms with van der Waals surface area (Å²) >= 11 is 3.96. The largest absolute Gasteiger partial charge is 0.430 e. The third-order valence-electron chi connectivity index (χ3n) is 2.73. The van der Waals surface area contributed by atoms with Crippen molar-refractivity contribution in [2.75, 3.05) is 0 Å². The molecular weight excluding hydrogens is 294 g/mol. The molecule has 0 amide bonds. The quantitative estimate of drug-likeness (QED) is 0.595. The summed E-state index contributed by atoms with van der Waals surface area (Å²) in [5.41, 5.74) is -5.92. The van der Waals surface area contributed by atoms with Crippen molar-refractivity contribution < 1.29 is 31.4 Å². The van der Waals surface area contributed by atoms with E-state index in [1.54, 1.807) is 0 Å². The van der Waals surface area contributed by atoms with Crippen molar-refractivity contribution in [1.29, 1.82) is 0 Å². The van der Waals surface area contributed by atoms with Crippen molar-refractivity contribution in [3.63, 3.8) is 0 Å². The van der Waals surface area contributed by atoms with Crippen LogP contribution < -0.4 is 0 Å². The van der Waals surface area contributed by atoms with Crippen LogP contribution in [0.25, 0.3) is 0 Å². The van der Waals surface area contributed by atoms with E-state index in [0.29, 0.717) is 12.1 Å². The average molecular weight is 304 g/mol. The number of benzene rings is 1. The molecule has 0 saturated carbocycles. The Morgan fingerprint density at radius 2 is 1.21 bits per heavy atom. The summed E-state index contributed by atoms with van der Waals surface area (Å²) in [6.45, 7) is 2.62. The zero-order valence-electron chi connectivity index (χ0n) is 9.82. The lowest BCUT2D eigenvalue weighted by molar-refractivity contribution is -0.376. The van der Waals surface area contributed by atoms with Gasteiger partial charge in [-0.1, -0.05) is 12.1 Å². The monoisotopic (exact) mass is 304 g/mol. The highest BCUT2D eigenvalue weighted by molar-refractivity contribution is 7.80. The Kier molecular flexibility index (Phi) is 3.90. The normalized spacial score (nSPS) is 13.8. The molecular formula is C11H10F6OS. The lowest BCUT2D eigenvalue weighted by Gasteiger charge is -2.33. The van der Waals surface area contributed by atoms with E-state index in [-0.39, 0.29) is 16.0 Å². The molecule has 1 nitrogen and oxygen atoms in total. The first-order chi connectivity index (χ1) is 8.32. The fourth-order valence-corrected chi connectivity index (χ4v) is 1.78. The van der Waals surface area contributed by atoms with Crippen LogP contribution in [0.2, 0.25) is 0 Å². The molecule has 0 aliphatic heterocycles. The molecule has 0 atom stereocenters. The maximum atomic E-state index is 12.7. The summed E-state index contributed by atoms with van der Waals surface area (Å²) in [6.07, 6.45) is -11.7. The van der Waals surface area contributed by atoms with Crippen LogP contribution in [0.15, 0.2) is 17.0 Å². The van der Waals surface area contributed by atoms with Crippen LogP contribution in [0.4, 0.5) is 26.3 Å². The minimum Gasteiger partial charge on any atom is -0.369 e. The summed E-state index contributed by atoms with van der Waals surface area (Å²) in [4.78, 5) is 0.274. The van der Waals surface area contributed by atoms with Crippen molar-refractivity contribution in [3.05, 3.63) is 28.8 Å². The van der Waals surface area contributed by atoms with Crippen LogP contribution in [-0.4, -0.2) is 17.5 Å². The Labute approximate surface area is 110 Å². The molecule has 8 heteroatoms. The number of aryl methyl sites for hydroxylation is 2. The number of hydrogen-bond acceptors (Lipinski definition) is 2.